The molecule has 2 saturated heterocycles. The van der Waals surface area contributed by atoms with Gasteiger partial charge in [-0.25, -0.2) is 4.79 Å². The highest BCUT2D eigenvalue weighted by molar-refractivity contribution is 6.38. The van der Waals surface area contributed by atoms with E-state index in [0.717, 1.165) is 70.6 Å². The van der Waals surface area contributed by atoms with Crippen molar-refractivity contribution in [1.29, 1.82) is 0 Å². The van der Waals surface area contributed by atoms with Crippen molar-refractivity contribution < 1.29 is 33.6 Å². The van der Waals surface area contributed by atoms with Gasteiger partial charge < -0.3 is 26.2 Å². The fourth-order valence-electron chi connectivity index (χ4n) is 8.70. The molecule has 288 valence electrons. The smallest absolute Gasteiger partial charge is 0.315 e. The minimum absolute atomic E-state index is 0.0490. The number of carbonyl (C=O) groups is 7. The van der Waals surface area contributed by atoms with Gasteiger partial charge in [-0.05, 0) is 67.6 Å². The molecule has 4 N–H and O–H groups in total. The molecule has 5 rings (SSSR count). The van der Waals surface area contributed by atoms with Crippen molar-refractivity contribution in [2.24, 2.45) is 22.7 Å². The Morgan fingerprint density at radius 2 is 1.52 bits per heavy atom. The fraction of sp³-hybridized carbons (Fsp3) is 0.769. The van der Waals surface area contributed by atoms with Crippen LogP contribution in [0.25, 0.3) is 0 Å². The number of hydrogen-bond acceptors (Lipinski definition) is 7. The van der Waals surface area contributed by atoms with Crippen LogP contribution in [0.1, 0.15) is 124 Å². The van der Waals surface area contributed by atoms with Crippen LogP contribution in [0.2, 0.25) is 0 Å². The number of ketones is 1. The predicted octanol–water partition coefficient (Wildman–Crippen LogP) is 3.51. The summed E-state index contributed by atoms with van der Waals surface area (Å²) >= 11 is 0. The maximum Gasteiger partial charge on any atom is 0.315 e. The highest BCUT2D eigenvalue weighted by atomic mass is 16.2. The first kappa shape index (κ1) is 39.4. The SMILES string of the molecule is C=CCNC(=O)C(=O)C(CC1CC1)NC(=O)[C@@H]1CCCN1C(=O)[C@@H](NC(=O)N[C@H](CN1C(=O)CC2(CCCC2)CC1=O)C(C)(C)C)C1CCCCC1. The zero-order chi connectivity index (χ0) is 37.6. The van der Waals surface area contributed by atoms with Crippen LogP contribution in [-0.4, -0.2) is 95.0 Å². The molecule has 2 heterocycles. The lowest BCUT2D eigenvalue weighted by atomic mass is 9.76. The van der Waals surface area contributed by atoms with Crippen LogP contribution in [0, 0.1) is 22.7 Å². The summed E-state index contributed by atoms with van der Waals surface area (Å²) in [6.45, 7) is 9.90. The van der Waals surface area contributed by atoms with E-state index in [9.17, 15) is 33.6 Å². The third-order valence-electron chi connectivity index (χ3n) is 12.1. The van der Waals surface area contributed by atoms with E-state index >= 15 is 0 Å². The number of nitrogens with one attached hydrogen (secondary N) is 4. The van der Waals surface area contributed by atoms with Gasteiger partial charge in [-0.15, -0.1) is 6.58 Å². The average Bonchev–Trinajstić information content (AvgIpc) is 3.58. The Bertz CT molecular complexity index is 1370. The number of imide groups is 1. The molecule has 7 amide bonds. The Hall–Kier alpha value is -3.77. The van der Waals surface area contributed by atoms with E-state index in [1.54, 1.807) is 0 Å². The van der Waals surface area contributed by atoms with Crippen LogP contribution in [-0.2, 0) is 28.8 Å². The first-order chi connectivity index (χ1) is 24.7. The maximum absolute atomic E-state index is 14.4. The van der Waals surface area contributed by atoms with E-state index in [-0.39, 0.29) is 48.1 Å². The molecular formula is C39H60N6O7. The predicted molar refractivity (Wildman–Crippen MR) is 194 cm³/mol. The van der Waals surface area contributed by atoms with Gasteiger partial charge in [-0.3, -0.25) is 33.7 Å². The van der Waals surface area contributed by atoms with Gasteiger partial charge in [0.15, 0.2) is 0 Å². The monoisotopic (exact) mass is 724 g/mol. The summed E-state index contributed by atoms with van der Waals surface area (Å²) in [5.74, 6) is -2.57. The van der Waals surface area contributed by atoms with Crippen LogP contribution in [0.3, 0.4) is 0 Å². The topological polar surface area (TPSA) is 174 Å². The zero-order valence-electron chi connectivity index (χ0n) is 31.4. The Kier molecular flexibility index (Phi) is 12.8. The lowest BCUT2D eigenvalue weighted by molar-refractivity contribution is -0.154. The first-order valence-corrected chi connectivity index (χ1v) is 19.7. The fourth-order valence-corrected chi connectivity index (χ4v) is 8.70. The number of urea groups is 1. The Labute approximate surface area is 308 Å². The summed E-state index contributed by atoms with van der Waals surface area (Å²) in [5.41, 5.74) is -0.738. The van der Waals surface area contributed by atoms with Crippen molar-refractivity contribution in [3.8, 4) is 0 Å². The number of amides is 7. The molecule has 4 atom stereocenters. The first-order valence-electron chi connectivity index (χ1n) is 19.7. The maximum atomic E-state index is 14.4. The largest absolute Gasteiger partial charge is 0.346 e. The van der Waals surface area contributed by atoms with Gasteiger partial charge in [0.1, 0.15) is 12.1 Å². The Morgan fingerprint density at radius 3 is 2.12 bits per heavy atom. The molecule has 13 nitrogen and oxygen atoms in total. The van der Waals surface area contributed by atoms with Gasteiger partial charge in [0, 0.05) is 32.5 Å². The summed E-state index contributed by atoms with van der Waals surface area (Å²) in [6, 6.07) is -3.85. The lowest BCUT2D eigenvalue weighted by Gasteiger charge is -2.41. The minimum atomic E-state index is -0.989. The average molecular weight is 725 g/mol. The highest BCUT2D eigenvalue weighted by Gasteiger charge is 2.47. The van der Waals surface area contributed by atoms with Crippen molar-refractivity contribution in [3.05, 3.63) is 12.7 Å². The van der Waals surface area contributed by atoms with Gasteiger partial charge in [0.2, 0.25) is 29.4 Å². The van der Waals surface area contributed by atoms with E-state index in [4.69, 9.17) is 0 Å². The number of hydrogen-bond donors (Lipinski definition) is 4. The van der Waals surface area contributed by atoms with Crippen molar-refractivity contribution in [1.82, 2.24) is 31.1 Å². The number of nitrogens with zero attached hydrogens (tertiary/aromatic N) is 2. The summed E-state index contributed by atoms with van der Waals surface area (Å²) in [7, 11) is 0. The van der Waals surface area contributed by atoms with E-state index in [1.807, 2.05) is 20.8 Å². The van der Waals surface area contributed by atoms with Gasteiger partial charge in [0.25, 0.3) is 5.91 Å². The van der Waals surface area contributed by atoms with E-state index < -0.39 is 53.2 Å². The molecule has 0 bridgehead atoms. The van der Waals surface area contributed by atoms with E-state index in [2.05, 4.69) is 27.8 Å². The molecule has 2 aliphatic heterocycles. The van der Waals surface area contributed by atoms with Gasteiger partial charge in [-0.2, -0.15) is 0 Å². The molecule has 52 heavy (non-hydrogen) atoms. The molecule has 0 radical (unpaired) electrons. The molecule has 1 spiro atoms. The second-order valence-electron chi connectivity index (χ2n) is 17.2. The van der Waals surface area contributed by atoms with Crippen molar-refractivity contribution in [3.63, 3.8) is 0 Å². The molecule has 5 aliphatic rings. The van der Waals surface area contributed by atoms with Crippen molar-refractivity contribution in [2.75, 3.05) is 19.6 Å². The van der Waals surface area contributed by atoms with Gasteiger partial charge in [-0.1, -0.05) is 71.8 Å². The number of carbonyl (C=O) groups excluding carboxylic acids is 7. The van der Waals surface area contributed by atoms with Crippen LogP contribution in [0.5, 0.6) is 0 Å². The minimum Gasteiger partial charge on any atom is -0.346 e. The molecule has 0 aromatic carbocycles. The molecule has 3 saturated carbocycles. The second-order valence-corrected chi connectivity index (χ2v) is 17.2. The summed E-state index contributed by atoms with van der Waals surface area (Å²) in [5, 5.41) is 11.3. The van der Waals surface area contributed by atoms with Crippen molar-refractivity contribution in [2.45, 2.75) is 148 Å². The summed E-state index contributed by atoms with van der Waals surface area (Å²) < 4.78 is 0. The Balaban J connectivity index is 1.27. The van der Waals surface area contributed by atoms with Crippen molar-refractivity contribution >= 4 is 41.4 Å². The van der Waals surface area contributed by atoms with E-state index in [1.165, 1.54) is 15.9 Å². The second kappa shape index (κ2) is 16.9. The van der Waals surface area contributed by atoms with Crippen LogP contribution in [0.4, 0.5) is 4.79 Å². The number of piperidine rings is 1. The molecule has 3 aliphatic carbocycles. The molecule has 5 fully saturated rings. The van der Waals surface area contributed by atoms with Gasteiger partial charge in [0.05, 0.1) is 12.1 Å². The highest BCUT2D eigenvalue weighted by Crippen LogP contribution is 2.47. The normalized spacial score (nSPS) is 23.9. The zero-order valence-corrected chi connectivity index (χ0v) is 31.4. The van der Waals surface area contributed by atoms with Gasteiger partial charge >= 0.3 is 6.03 Å². The Morgan fingerprint density at radius 1 is 0.865 bits per heavy atom. The molecule has 0 aromatic rings. The van der Waals surface area contributed by atoms with Crippen LogP contribution < -0.4 is 21.3 Å². The molecular weight excluding hydrogens is 664 g/mol. The van der Waals surface area contributed by atoms with E-state index in [0.29, 0.717) is 38.6 Å². The molecule has 1 unspecified atom stereocenters. The number of likely N-dealkylation sites (tertiary alicyclic amines) is 2. The van der Waals surface area contributed by atoms with Crippen LogP contribution in [0.15, 0.2) is 12.7 Å². The number of Topliss-reactive ketones (excluding diaryl/α,β-unsaturated/α-hetero) is 1. The lowest BCUT2D eigenvalue weighted by Crippen LogP contribution is -2.61. The van der Waals surface area contributed by atoms with Crippen LogP contribution >= 0.6 is 0 Å². The third kappa shape index (κ3) is 9.80. The molecule has 13 heteroatoms. The summed E-state index contributed by atoms with van der Waals surface area (Å²) in [6.07, 6.45) is 13.6. The molecule has 0 aromatic heterocycles. The third-order valence-corrected chi connectivity index (χ3v) is 12.1. The summed E-state index contributed by atoms with van der Waals surface area (Å²) in [4.78, 5) is 97.0. The quantitative estimate of drug-likeness (QED) is 0.121. The standard InChI is InChI=1S/C39H60N6O7/c1-5-19-40-35(50)33(48)27(21-25-15-16-25)41-34(49)28-14-11-20-44(28)36(51)32(26-12-7-6-8-13-26)43-37(52)42-29(38(2,3)4)24-45-30(46)22-39(23-31(45)47)17-9-10-18-39/h5,25-29,32H,1,6-24H2,2-4H3,(H,40,50)(H,41,49)(H2,42,43,52)/t27?,28-,29+,32-/m0/s1. The number of rotatable bonds is 14.